The van der Waals surface area contributed by atoms with E-state index in [0.29, 0.717) is 13.3 Å². The largest absolute Gasteiger partial charge is 0.508 e. The Kier molecular flexibility index (Phi) is 6.05. The van der Waals surface area contributed by atoms with Crippen LogP contribution in [0.25, 0.3) is 0 Å². The van der Waals surface area contributed by atoms with E-state index >= 15 is 0 Å². The van der Waals surface area contributed by atoms with Gasteiger partial charge in [-0.05, 0) is 42.3 Å². The molecule has 1 fully saturated rings. The molecule has 1 saturated heterocycles. The molecule has 0 saturated carbocycles. The number of fused-ring (bicyclic) bond motifs is 1. The maximum atomic E-state index is 9.64. The van der Waals surface area contributed by atoms with Crippen molar-refractivity contribution in [3.05, 3.63) is 53.6 Å². The summed E-state index contributed by atoms with van der Waals surface area (Å²) in [4.78, 5) is 9.53. The first-order chi connectivity index (χ1) is 14.2. The molecule has 0 bridgehead atoms. The number of guanidine groups is 1. The number of phenols is 1. The van der Waals surface area contributed by atoms with Crippen LogP contribution in [-0.2, 0) is 13.1 Å². The van der Waals surface area contributed by atoms with Crippen LogP contribution in [0.3, 0.4) is 0 Å². The lowest BCUT2D eigenvalue weighted by atomic mass is 10.1. The standard InChI is InChI=1S/C22H28N4O3/c1-2-23-22(24-14-17-4-3-5-19(27)12-17)26-10-8-25(9-11-26)15-18-6-7-20-21(13-18)29-16-28-20/h3-7,12-13,27H,2,8-11,14-16H2,1H3,(H,23,24). The molecule has 0 amide bonds. The number of aromatic hydroxyl groups is 1. The molecule has 0 aliphatic carbocycles. The minimum absolute atomic E-state index is 0.278. The SMILES string of the molecule is CCNC(=NCc1cccc(O)c1)N1CCN(Cc2ccc3c(c2)OCO3)CC1. The van der Waals surface area contributed by atoms with Crippen LogP contribution in [0.1, 0.15) is 18.1 Å². The molecular weight excluding hydrogens is 368 g/mol. The molecule has 0 radical (unpaired) electrons. The van der Waals surface area contributed by atoms with Crippen molar-refractivity contribution in [3.63, 3.8) is 0 Å². The Hall–Kier alpha value is -2.93. The van der Waals surface area contributed by atoms with Gasteiger partial charge < -0.3 is 24.8 Å². The minimum atomic E-state index is 0.278. The monoisotopic (exact) mass is 396 g/mol. The third-order valence-electron chi connectivity index (χ3n) is 5.17. The molecule has 2 aromatic carbocycles. The molecule has 0 spiro atoms. The number of phenolic OH excluding ortho intramolecular Hbond substituents is 1. The zero-order chi connectivity index (χ0) is 20.1. The van der Waals surface area contributed by atoms with Crippen LogP contribution in [-0.4, -0.2) is 60.4 Å². The molecule has 0 unspecified atom stereocenters. The average Bonchev–Trinajstić information content (AvgIpc) is 3.20. The predicted molar refractivity (Wildman–Crippen MR) is 112 cm³/mol. The summed E-state index contributed by atoms with van der Waals surface area (Å²) in [5.41, 5.74) is 2.24. The van der Waals surface area contributed by atoms with Crippen molar-refractivity contribution < 1.29 is 14.6 Å². The maximum absolute atomic E-state index is 9.64. The topological polar surface area (TPSA) is 69.6 Å². The van der Waals surface area contributed by atoms with Crippen LogP contribution >= 0.6 is 0 Å². The van der Waals surface area contributed by atoms with Crippen LogP contribution in [0, 0.1) is 0 Å². The Balaban J connectivity index is 1.33. The third-order valence-corrected chi connectivity index (χ3v) is 5.17. The summed E-state index contributed by atoms with van der Waals surface area (Å²) in [5, 5.41) is 13.0. The van der Waals surface area contributed by atoms with Gasteiger partial charge in [-0.15, -0.1) is 0 Å². The zero-order valence-electron chi connectivity index (χ0n) is 16.8. The van der Waals surface area contributed by atoms with Gasteiger partial charge in [-0.25, -0.2) is 4.99 Å². The van der Waals surface area contributed by atoms with Crippen molar-refractivity contribution in [2.75, 3.05) is 39.5 Å². The second kappa shape index (κ2) is 9.05. The highest BCUT2D eigenvalue weighted by Gasteiger charge is 2.21. The van der Waals surface area contributed by atoms with Crippen LogP contribution < -0.4 is 14.8 Å². The summed E-state index contributed by atoms with van der Waals surface area (Å²) in [5.74, 6) is 2.88. The summed E-state index contributed by atoms with van der Waals surface area (Å²) in [6.45, 7) is 8.49. The lowest BCUT2D eigenvalue weighted by molar-refractivity contribution is 0.171. The molecule has 2 aliphatic rings. The van der Waals surface area contributed by atoms with Gasteiger partial charge >= 0.3 is 0 Å². The number of piperazine rings is 1. The fourth-order valence-electron chi connectivity index (χ4n) is 3.66. The van der Waals surface area contributed by atoms with E-state index < -0.39 is 0 Å². The molecule has 154 valence electrons. The van der Waals surface area contributed by atoms with Crippen LogP contribution in [0.5, 0.6) is 17.2 Å². The van der Waals surface area contributed by atoms with Crippen molar-refractivity contribution in [2.45, 2.75) is 20.0 Å². The Morgan fingerprint density at radius 3 is 2.66 bits per heavy atom. The molecule has 29 heavy (non-hydrogen) atoms. The van der Waals surface area contributed by atoms with E-state index in [2.05, 4.69) is 34.2 Å². The first-order valence-corrected chi connectivity index (χ1v) is 10.1. The average molecular weight is 396 g/mol. The number of nitrogens with one attached hydrogen (secondary N) is 1. The molecule has 2 heterocycles. The van der Waals surface area contributed by atoms with Gasteiger partial charge in [0.2, 0.25) is 6.79 Å². The van der Waals surface area contributed by atoms with Gasteiger partial charge in [0.15, 0.2) is 17.5 Å². The highest BCUT2D eigenvalue weighted by atomic mass is 16.7. The van der Waals surface area contributed by atoms with Crippen molar-refractivity contribution in [2.24, 2.45) is 4.99 Å². The van der Waals surface area contributed by atoms with Crippen LogP contribution in [0.4, 0.5) is 0 Å². The molecule has 7 nitrogen and oxygen atoms in total. The van der Waals surface area contributed by atoms with E-state index in [1.807, 2.05) is 18.2 Å². The third kappa shape index (κ3) is 4.92. The number of hydrogen-bond donors (Lipinski definition) is 2. The van der Waals surface area contributed by atoms with E-state index in [4.69, 9.17) is 14.5 Å². The van der Waals surface area contributed by atoms with Crippen molar-refractivity contribution in [1.29, 1.82) is 0 Å². The normalized spacial score (nSPS) is 16.9. The Morgan fingerprint density at radius 2 is 1.86 bits per heavy atom. The Morgan fingerprint density at radius 1 is 1.03 bits per heavy atom. The molecule has 2 aromatic rings. The van der Waals surface area contributed by atoms with Gasteiger partial charge in [-0.1, -0.05) is 18.2 Å². The van der Waals surface area contributed by atoms with Crippen molar-refractivity contribution in [3.8, 4) is 17.2 Å². The smallest absolute Gasteiger partial charge is 0.231 e. The second-order valence-corrected chi connectivity index (χ2v) is 7.29. The fraction of sp³-hybridized carbons (Fsp3) is 0.409. The molecule has 4 rings (SSSR count). The first-order valence-electron chi connectivity index (χ1n) is 10.1. The molecule has 2 aliphatic heterocycles. The van der Waals surface area contributed by atoms with E-state index in [-0.39, 0.29) is 5.75 Å². The molecule has 2 N–H and O–H groups in total. The van der Waals surface area contributed by atoms with Crippen LogP contribution in [0.2, 0.25) is 0 Å². The number of benzene rings is 2. The predicted octanol–water partition coefficient (Wildman–Crippen LogP) is 2.40. The van der Waals surface area contributed by atoms with Gasteiger partial charge in [0.25, 0.3) is 0 Å². The van der Waals surface area contributed by atoms with E-state index in [1.165, 1.54) is 5.56 Å². The number of rotatable bonds is 5. The summed E-state index contributed by atoms with van der Waals surface area (Å²) >= 11 is 0. The number of aliphatic imine (C=N–C) groups is 1. The van der Waals surface area contributed by atoms with E-state index in [1.54, 1.807) is 12.1 Å². The Bertz CT molecular complexity index is 863. The zero-order valence-corrected chi connectivity index (χ0v) is 16.8. The summed E-state index contributed by atoms with van der Waals surface area (Å²) < 4.78 is 10.9. The molecular formula is C22H28N4O3. The lowest BCUT2D eigenvalue weighted by Crippen LogP contribution is -2.52. The van der Waals surface area contributed by atoms with Crippen molar-refractivity contribution in [1.82, 2.24) is 15.1 Å². The summed E-state index contributed by atoms with van der Waals surface area (Å²) in [6, 6.07) is 13.5. The van der Waals surface area contributed by atoms with Gasteiger partial charge in [-0.3, -0.25) is 4.90 Å². The van der Waals surface area contributed by atoms with Crippen LogP contribution in [0.15, 0.2) is 47.5 Å². The van der Waals surface area contributed by atoms with E-state index in [0.717, 1.165) is 62.3 Å². The molecule has 7 heteroatoms. The van der Waals surface area contributed by atoms with Gasteiger partial charge in [-0.2, -0.15) is 0 Å². The van der Waals surface area contributed by atoms with Gasteiger partial charge in [0.1, 0.15) is 5.75 Å². The fourth-order valence-corrected chi connectivity index (χ4v) is 3.66. The second-order valence-electron chi connectivity index (χ2n) is 7.29. The number of hydrogen-bond acceptors (Lipinski definition) is 5. The van der Waals surface area contributed by atoms with Gasteiger partial charge in [0, 0.05) is 39.3 Å². The van der Waals surface area contributed by atoms with E-state index in [9.17, 15) is 5.11 Å². The summed E-state index contributed by atoms with van der Waals surface area (Å²) in [6.07, 6.45) is 0. The quantitative estimate of drug-likeness (QED) is 0.598. The van der Waals surface area contributed by atoms with Crippen molar-refractivity contribution >= 4 is 5.96 Å². The molecule has 0 atom stereocenters. The highest BCUT2D eigenvalue weighted by molar-refractivity contribution is 5.80. The first kappa shape index (κ1) is 19.4. The highest BCUT2D eigenvalue weighted by Crippen LogP contribution is 2.32. The summed E-state index contributed by atoms with van der Waals surface area (Å²) in [7, 11) is 0. The number of nitrogens with zero attached hydrogens (tertiary/aromatic N) is 3. The molecule has 0 aromatic heterocycles. The maximum Gasteiger partial charge on any atom is 0.231 e. The lowest BCUT2D eigenvalue weighted by Gasteiger charge is -2.36. The van der Waals surface area contributed by atoms with Gasteiger partial charge in [0.05, 0.1) is 6.54 Å². The minimum Gasteiger partial charge on any atom is -0.508 e. The Labute approximate surface area is 171 Å². The number of ether oxygens (including phenoxy) is 2.